The molecule has 0 aliphatic carbocycles. The third kappa shape index (κ3) is 4.03. The predicted molar refractivity (Wildman–Crippen MR) is 95.8 cm³/mol. The van der Waals surface area contributed by atoms with Crippen LogP contribution in [0.1, 0.15) is 12.0 Å². The van der Waals surface area contributed by atoms with E-state index in [1.165, 1.54) is 6.08 Å². The van der Waals surface area contributed by atoms with Gasteiger partial charge in [0.1, 0.15) is 0 Å². The molecule has 4 nitrogen and oxygen atoms in total. The van der Waals surface area contributed by atoms with Crippen molar-refractivity contribution in [3.05, 3.63) is 71.3 Å². The van der Waals surface area contributed by atoms with Crippen LogP contribution in [0.15, 0.2) is 60.7 Å². The van der Waals surface area contributed by atoms with E-state index in [1.807, 2.05) is 30.3 Å². The molecule has 2 amide bonds. The number of carbonyl (C=O) groups excluding carboxylic acids is 2. The van der Waals surface area contributed by atoms with Gasteiger partial charge in [0, 0.05) is 29.8 Å². The predicted octanol–water partition coefficient (Wildman–Crippen LogP) is 3.27. The lowest BCUT2D eigenvalue weighted by Crippen LogP contribution is -2.36. The van der Waals surface area contributed by atoms with Crippen molar-refractivity contribution in [2.45, 2.75) is 12.5 Å². The van der Waals surface area contributed by atoms with Crippen molar-refractivity contribution in [1.29, 1.82) is 0 Å². The van der Waals surface area contributed by atoms with Gasteiger partial charge in [0.15, 0.2) is 0 Å². The van der Waals surface area contributed by atoms with Gasteiger partial charge in [0.2, 0.25) is 11.8 Å². The van der Waals surface area contributed by atoms with Crippen LogP contribution in [0.25, 0.3) is 6.08 Å². The molecule has 0 spiro atoms. The zero-order valence-corrected chi connectivity index (χ0v) is 13.7. The molecule has 1 heterocycles. The summed E-state index contributed by atoms with van der Waals surface area (Å²) in [5.74, 6) is -0.204. The number of hydrogen-bond donors (Lipinski definition) is 1. The molecule has 0 bridgehead atoms. The third-order valence-corrected chi connectivity index (χ3v) is 4.09. The number of halogens is 1. The number of anilines is 1. The fourth-order valence-electron chi connectivity index (χ4n) is 2.66. The van der Waals surface area contributed by atoms with E-state index >= 15 is 0 Å². The Labute approximate surface area is 145 Å². The summed E-state index contributed by atoms with van der Waals surface area (Å²) >= 11 is 5.87. The highest BCUT2D eigenvalue weighted by molar-refractivity contribution is 6.30. The van der Waals surface area contributed by atoms with E-state index in [-0.39, 0.29) is 17.9 Å². The summed E-state index contributed by atoms with van der Waals surface area (Å²) in [6.45, 7) is 0.464. The number of nitrogens with one attached hydrogen (secondary N) is 1. The van der Waals surface area contributed by atoms with Crippen molar-refractivity contribution in [2.24, 2.45) is 0 Å². The molecule has 5 heteroatoms. The SMILES string of the molecule is O=C(/C=C\c1ccccc1)N[C@H]1CC(=O)N(c2ccc(Cl)cc2)C1. The van der Waals surface area contributed by atoms with Gasteiger partial charge >= 0.3 is 0 Å². The van der Waals surface area contributed by atoms with Gasteiger partial charge in [-0.15, -0.1) is 0 Å². The minimum atomic E-state index is -0.199. The molecule has 0 radical (unpaired) electrons. The lowest BCUT2D eigenvalue weighted by Gasteiger charge is -2.17. The van der Waals surface area contributed by atoms with Crippen LogP contribution in [0.3, 0.4) is 0 Å². The van der Waals surface area contributed by atoms with Gasteiger partial charge < -0.3 is 10.2 Å². The smallest absolute Gasteiger partial charge is 0.244 e. The fraction of sp³-hybridized carbons (Fsp3) is 0.158. The molecule has 122 valence electrons. The van der Waals surface area contributed by atoms with Gasteiger partial charge in [0.25, 0.3) is 0 Å². The van der Waals surface area contributed by atoms with Gasteiger partial charge in [-0.1, -0.05) is 41.9 Å². The number of benzene rings is 2. The zero-order chi connectivity index (χ0) is 16.9. The summed E-state index contributed by atoms with van der Waals surface area (Å²) in [6, 6.07) is 16.5. The van der Waals surface area contributed by atoms with E-state index in [0.717, 1.165) is 11.3 Å². The molecule has 2 aromatic rings. The molecular formula is C19H17ClN2O2. The minimum absolute atomic E-state index is 0.00494. The highest BCUT2D eigenvalue weighted by Gasteiger charge is 2.31. The van der Waals surface area contributed by atoms with Gasteiger partial charge in [-0.2, -0.15) is 0 Å². The quantitative estimate of drug-likeness (QED) is 0.868. The summed E-state index contributed by atoms with van der Waals surface area (Å²) in [5, 5.41) is 3.50. The van der Waals surface area contributed by atoms with Crippen LogP contribution in [-0.4, -0.2) is 24.4 Å². The molecule has 1 aliphatic rings. The lowest BCUT2D eigenvalue weighted by molar-refractivity contribution is -0.117. The highest BCUT2D eigenvalue weighted by atomic mass is 35.5. The molecule has 1 fully saturated rings. The Morgan fingerprint density at radius 1 is 1.12 bits per heavy atom. The average molecular weight is 341 g/mol. The van der Waals surface area contributed by atoms with Crippen molar-refractivity contribution in [3.8, 4) is 0 Å². The molecule has 3 rings (SSSR count). The van der Waals surface area contributed by atoms with E-state index in [9.17, 15) is 9.59 Å². The Kier molecular flexibility index (Phi) is 4.96. The number of rotatable bonds is 4. The first kappa shape index (κ1) is 16.3. The van der Waals surface area contributed by atoms with Crippen molar-refractivity contribution >= 4 is 35.2 Å². The first-order valence-electron chi connectivity index (χ1n) is 7.71. The van der Waals surface area contributed by atoms with Crippen LogP contribution in [0.2, 0.25) is 5.02 Å². The number of carbonyl (C=O) groups is 2. The molecule has 0 aromatic heterocycles. The van der Waals surface area contributed by atoms with E-state index in [0.29, 0.717) is 18.0 Å². The Balaban J connectivity index is 1.59. The molecule has 1 atom stereocenters. The molecular weight excluding hydrogens is 324 g/mol. The van der Waals surface area contributed by atoms with Gasteiger partial charge in [-0.3, -0.25) is 9.59 Å². The number of hydrogen-bond acceptors (Lipinski definition) is 2. The number of nitrogens with zero attached hydrogens (tertiary/aromatic N) is 1. The van der Waals surface area contributed by atoms with Gasteiger partial charge in [0.05, 0.1) is 6.04 Å². The molecule has 1 saturated heterocycles. The van der Waals surface area contributed by atoms with Crippen LogP contribution in [0.4, 0.5) is 5.69 Å². The molecule has 1 N–H and O–H groups in total. The molecule has 0 unspecified atom stereocenters. The second kappa shape index (κ2) is 7.32. The maximum atomic E-state index is 12.2. The average Bonchev–Trinajstić information content (AvgIpc) is 2.95. The lowest BCUT2D eigenvalue weighted by atomic mass is 10.2. The maximum Gasteiger partial charge on any atom is 0.244 e. The largest absolute Gasteiger partial charge is 0.347 e. The van der Waals surface area contributed by atoms with Gasteiger partial charge in [-0.25, -0.2) is 0 Å². The van der Waals surface area contributed by atoms with E-state index in [1.54, 1.807) is 35.2 Å². The van der Waals surface area contributed by atoms with Crippen LogP contribution in [0, 0.1) is 0 Å². The molecule has 1 aliphatic heterocycles. The first-order valence-corrected chi connectivity index (χ1v) is 8.09. The van der Waals surface area contributed by atoms with Crippen molar-refractivity contribution in [1.82, 2.24) is 5.32 Å². The summed E-state index contributed by atoms with van der Waals surface area (Å²) in [4.78, 5) is 25.8. The van der Waals surface area contributed by atoms with Crippen LogP contribution in [-0.2, 0) is 9.59 Å². The standard InChI is InChI=1S/C19H17ClN2O2/c20-15-7-9-17(10-8-15)22-13-16(12-19(22)24)21-18(23)11-6-14-4-2-1-3-5-14/h1-11,16H,12-13H2,(H,21,23)/b11-6-/t16-/m0/s1. The summed E-state index contributed by atoms with van der Waals surface area (Å²) in [5.41, 5.74) is 1.75. The fourth-order valence-corrected chi connectivity index (χ4v) is 2.79. The molecule has 2 aromatic carbocycles. The minimum Gasteiger partial charge on any atom is -0.347 e. The van der Waals surface area contributed by atoms with Crippen LogP contribution < -0.4 is 10.2 Å². The maximum absolute atomic E-state index is 12.2. The first-order chi connectivity index (χ1) is 11.6. The summed E-state index contributed by atoms with van der Waals surface area (Å²) < 4.78 is 0. The topological polar surface area (TPSA) is 49.4 Å². The van der Waals surface area contributed by atoms with E-state index < -0.39 is 0 Å². The van der Waals surface area contributed by atoms with E-state index in [4.69, 9.17) is 11.6 Å². The molecule has 0 saturated carbocycles. The second-order valence-corrected chi connectivity index (χ2v) is 6.07. The highest BCUT2D eigenvalue weighted by Crippen LogP contribution is 2.23. The Hall–Kier alpha value is -2.59. The number of amides is 2. The summed E-state index contributed by atoms with van der Waals surface area (Å²) in [7, 11) is 0. The Morgan fingerprint density at radius 3 is 2.54 bits per heavy atom. The van der Waals surface area contributed by atoms with Crippen LogP contribution in [0.5, 0.6) is 0 Å². The molecule has 24 heavy (non-hydrogen) atoms. The van der Waals surface area contributed by atoms with Gasteiger partial charge in [-0.05, 0) is 35.9 Å². The monoisotopic (exact) mass is 340 g/mol. The van der Waals surface area contributed by atoms with Crippen molar-refractivity contribution in [2.75, 3.05) is 11.4 Å². The van der Waals surface area contributed by atoms with Crippen LogP contribution >= 0.6 is 11.6 Å². The van der Waals surface area contributed by atoms with E-state index in [2.05, 4.69) is 5.32 Å². The normalized spacial score (nSPS) is 17.5. The Morgan fingerprint density at radius 2 is 1.83 bits per heavy atom. The second-order valence-electron chi connectivity index (χ2n) is 5.63. The zero-order valence-electron chi connectivity index (χ0n) is 13.0. The third-order valence-electron chi connectivity index (χ3n) is 3.84. The van der Waals surface area contributed by atoms with Crippen molar-refractivity contribution < 1.29 is 9.59 Å². The summed E-state index contributed by atoms with van der Waals surface area (Å²) in [6.07, 6.45) is 3.54. The van der Waals surface area contributed by atoms with Crippen molar-refractivity contribution in [3.63, 3.8) is 0 Å². The Bertz CT molecular complexity index is 757.